The third-order valence-electron chi connectivity index (χ3n) is 6.28. The Morgan fingerprint density at radius 2 is 1.37 bits per heavy atom. The second-order valence-corrected chi connectivity index (χ2v) is 8.72. The van der Waals surface area contributed by atoms with Crippen LogP contribution in [0.5, 0.6) is 0 Å². The molecule has 4 aromatic carbocycles. The minimum atomic E-state index is -0.279. The topological polar surface area (TPSA) is 90.5 Å². The summed E-state index contributed by atoms with van der Waals surface area (Å²) in [4.78, 5) is 39.9. The van der Waals surface area contributed by atoms with Crippen LogP contribution >= 0.6 is 0 Å². The Morgan fingerprint density at radius 3 is 2.03 bits per heavy atom. The van der Waals surface area contributed by atoms with Crippen LogP contribution in [0.1, 0.15) is 21.5 Å². The molecule has 0 aromatic heterocycles. The van der Waals surface area contributed by atoms with Crippen molar-refractivity contribution in [3.05, 3.63) is 126 Å². The van der Waals surface area contributed by atoms with Crippen molar-refractivity contribution in [1.82, 2.24) is 5.32 Å². The second kappa shape index (κ2) is 10.8. The zero-order valence-corrected chi connectivity index (χ0v) is 20.8. The van der Waals surface area contributed by atoms with Crippen LogP contribution < -0.4 is 20.9 Å². The fourth-order valence-electron chi connectivity index (χ4n) is 4.36. The molecule has 1 aliphatic heterocycles. The highest BCUT2D eigenvalue weighted by atomic mass is 16.2. The maximum Gasteiger partial charge on any atom is 0.258 e. The standard InChI is InChI=1S/C31H26N4O3/c1-32-27(36)20-35(31(38)22-12-6-3-7-13-22)24-18-16-23(17-19-24)33-29(21-10-4-2-5-11-21)28-25-14-8-9-15-26(25)34-30(28)37/h2-19,33H,20H2,1H3,(H,32,36)(H,34,37). The van der Waals surface area contributed by atoms with Crippen LogP contribution in [0.3, 0.4) is 0 Å². The van der Waals surface area contributed by atoms with Gasteiger partial charge in [-0.3, -0.25) is 19.3 Å². The first-order valence-corrected chi connectivity index (χ1v) is 12.2. The molecule has 38 heavy (non-hydrogen) atoms. The summed E-state index contributed by atoms with van der Waals surface area (Å²) >= 11 is 0. The molecule has 0 spiro atoms. The lowest BCUT2D eigenvalue weighted by Crippen LogP contribution is -2.39. The third-order valence-corrected chi connectivity index (χ3v) is 6.28. The average molecular weight is 503 g/mol. The molecular formula is C31H26N4O3. The van der Waals surface area contributed by atoms with Gasteiger partial charge in [-0.1, -0.05) is 66.7 Å². The number of hydrogen-bond donors (Lipinski definition) is 3. The smallest absolute Gasteiger partial charge is 0.258 e. The highest BCUT2D eigenvalue weighted by Gasteiger charge is 2.28. The Bertz CT molecular complexity index is 1510. The van der Waals surface area contributed by atoms with Crippen LogP contribution in [0.4, 0.5) is 17.1 Å². The number of nitrogens with one attached hydrogen (secondary N) is 3. The average Bonchev–Trinajstić information content (AvgIpc) is 3.30. The van der Waals surface area contributed by atoms with Crippen molar-refractivity contribution in [1.29, 1.82) is 0 Å². The molecule has 1 heterocycles. The quantitative estimate of drug-likeness (QED) is 0.310. The highest BCUT2D eigenvalue weighted by molar-refractivity contribution is 6.37. The molecule has 188 valence electrons. The Balaban J connectivity index is 1.50. The Kier molecular flexibility index (Phi) is 6.99. The largest absolute Gasteiger partial charge is 0.358 e. The van der Waals surface area contributed by atoms with E-state index in [1.165, 1.54) is 11.9 Å². The van der Waals surface area contributed by atoms with Gasteiger partial charge in [0.2, 0.25) is 5.91 Å². The summed E-state index contributed by atoms with van der Waals surface area (Å²) in [6.45, 7) is -0.118. The van der Waals surface area contributed by atoms with Gasteiger partial charge in [-0.05, 0) is 48.0 Å². The lowest BCUT2D eigenvalue weighted by atomic mass is 10.00. The molecule has 0 fully saturated rings. The van der Waals surface area contributed by atoms with Gasteiger partial charge in [0.1, 0.15) is 6.54 Å². The zero-order chi connectivity index (χ0) is 26.5. The van der Waals surface area contributed by atoms with Gasteiger partial charge < -0.3 is 16.0 Å². The van der Waals surface area contributed by atoms with Gasteiger partial charge in [0.15, 0.2) is 0 Å². The van der Waals surface area contributed by atoms with Crippen LogP contribution in [0.15, 0.2) is 109 Å². The van der Waals surface area contributed by atoms with E-state index in [2.05, 4.69) is 16.0 Å². The fourth-order valence-corrected chi connectivity index (χ4v) is 4.36. The highest BCUT2D eigenvalue weighted by Crippen LogP contribution is 2.37. The van der Waals surface area contributed by atoms with E-state index < -0.39 is 0 Å². The van der Waals surface area contributed by atoms with E-state index in [-0.39, 0.29) is 24.3 Å². The summed E-state index contributed by atoms with van der Waals surface area (Å²) in [5.74, 6) is -0.737. The van der Waals surface area contributed by atoms with Gasteiger partial charge in [0.25, 0.3) is 11.8 Å². The van der Waals surface area contributed by atoms with Gasteiger partial charge in [-0.15, -0.1) is 0 Å². The summed E-state index contributed by atoms with van der Waals surface area (Å²) in [6.07, 6.45) is 0. The number of para-hydroxylation sites is 1. The molecule has 0 saturated heterocycles. The Morgan fingerprint density at radius 1 is 0.763 bits per heavy atom. The molecule has 7 nitrogen and oxygen atoms in total. The maximum atomic E-state index is 13.2. The summed E-state index contributed by atoms with van der Waals surface area (Å²) in [5.41, 5.74) is 5.46. The van der Waals surface area contributed by atoms with Gasteiger partial charge in [0.05, 0.1) is 11.3 Å². The first kappa shape index (κ1) is 24.5. The van der Waals surface area contributed by atoms with Crippen molar-refractivity contribution < 1.29 is 14.4 Å². The van der Waals surface area contributed by atoms with Crippen molar-refractivity contribution in [2.45, 2.75) is 0 Å². The second-order valence-electron chi connectivity index (χ2n) is 8.72. The van der Waals surface area contributed by atoms with E-state index in [4.69, 9.17) is 0 Å². The lowest BCUT2D eigenvalue weighted by molar-refractivity contribution is -0.119. The molecule has 0 atom stereocenters. The van der Waals surface area contributed by atoms with Crippen LogP contribution in [0.2, 0.25) is 0 Å². The Labute approximate surface area is 220 Å². The molecule has 0 radical (unpaired) electrons. The molecule has 1 aliphatic rings. The van der Waals surface area contributed by atoms with Crippen molar-refractivity contribution in [2.75, 3.05) is 29.1 Å². The number of fused-ring (bicyclic) bond motifs is 1. The molecule has 3 amide bonds. The van der Waals surface area contributed by atoms with E-state index in [1.807, 2.05) is 72.8 Å². The maximum absolute atomic E-state index is 13.2. The lowest BCUT2D eigenvalue weighted by Gasteiger charge is -2.23. The molecule has 7 heteroatoms. The van der Waals surface area contributed by atoms with Gasteiger partial charge >= 0.3 is 0 Å². The summed E-state index contributed by atoms with van der Waals surface area (Å²) < 4.78 is 0. The van der Waals surface area contributed by atoms with Crippen molar-refractivity contribution in [3.8, 4) is 0 Å². The predicted molar refractivity (Wildman–Crippen MR) is 151 cm³/mol. The summed E-state index contributed by atoms with van der Waals surface area (Å²) in [5, 5.41) is 8.95. The molecule has 0 unspecified atom stereocenters. The Hall–Kier alpha value is -5.17. The monoisotopic (exact) mass is 502 g/mol. The number of benzene rings is 4. The molecule has 5 rings (SSSR count). The molecule has 3 N–H and O–H groups in total. The number of likely N-dealkylation sites (N-methyl/N-ethyl adjacent to an activating group) is 1. The molecule has 4 aromatic rings. The van der Waals surface area contributed by atoms with Gasteiger partial charge in [0, 0.05) is 35.2 Å². The molecular weight excluding hydrogens is 476 g/mol. The molecule has 0 saturated carbocycles. The summed E-state index contributed by atoms with van der Waals surface area (Å²) in [6, 6.07) is 33.3. The van der Waals surface area contributed by atoms with E-state index in [0.29, 0.717) is 22.5 Å². The molecule has 0 bridgehead atoms. The first-order valence-electron chi connectivity index (χ1n) is 12.2. The van der Waals surface area contributed by atoms with Crippen LogP contribution in [0, 0.1) is 0 Å². The van der Waals surface area contributed by atoms with E-state index in [1.54, 1.807) is 36.4 Å². The van der Waals surface area contributed by atoms with Crippen molar-refractivity contribution in [3.63, 3.8) is 0 Å². The van der Waals surface area contributed by atoms with Crippen LogP contribution in [-0.4, -0.2) is 31.3 Å². The minimum Gasteiger partial charge on any atom is -0.358 e. The van der Waals surface area contributed by atoms with Gasteiger partial charge in [-0.2, -0.15) is 0 Å². The van der Waals surface area contributed by atoms with Crippen LogP contribution in [0.25, 0.3) is 11.3 Å². The zero-order valence-electron chi connectivity index (χ0n) is 20.8. The van der Waals surface area contributed by atoms with Gasteiger partial charge in [-0.25, -0.2) is 0 Å². The van der Waals surface area contributed by atoms with E-state index >= 15 is 0 Å². The number of nitrogens with zero attached hydrogens (tertiary/aromatic N) is 1. The van der Waals surface area contributed by atoms with E-state index in [9.17, 15) is 14.4 Å². The number of hydrogen-bond acceptors (Lipinski definition) is 4. The molecule has 0 aliphatic carbocycles. The predicted octanol–water partition coefficient (Wildman–Crippen LogP) is 5.01. The number of amides is 3. The van der Waals surface area contributed by atoms with E-state index in [0.717, 1.165) is 22.5 Å². The first-order chi connectivity index (χ1) is 18.5. The third kappa shape index (κ3) is 5.03. The SMILES string of the molecule is CNC(=O)CN(C(=O)c1ccccc1)c1ccc(NC(=C2C(=O)Nc3ccccc32)c2ccccc2)cc1. The summed E-state index contributed by atoms with van der Waals surface area (Å²) in [7, 11) is 1.54. The van der Waals surface area contributed by atoms with Crippen LogP contribution in [-0.2, 0) is 9.59 Å². The number of anilines is 3. The van der Waals surface area contributed by atoms with Crippen molar-refractivity contribution in [2.24, 2.45) is 0 Å². The minimum absolute atomic E-state index is 0.118. The van der Waals surface area contributed by atoms with Crippen molar-refractivity contribution >= 4 is 46.1 Å². The number of carbonyl (C=O) groups is 3. The normalized spacial score (nSPS) is 13.2. The number of carbonyl (C=O) groups excluding carboxylic acids is 3. The fraction of sp³-hybridized carbons (Fsp3) is 0.0645. The number of rotatable bonds is 7.